The van der Waals surface area contributed by atoms with E-state index in [-0.39, 0.29) is 0 Å². The van der Waals surface area contributed by atoms with E-state index in [0.29, 0.717) is 19.8 Å². The van der Waals surface area contributed by atoms with Crippen LogP contribution in [0.1, 0.15) is 40.0 Å². The SMILES string of the molecule is C=CC(=O)O[Si](OCCC)(OCCC)OCCC. The largest absolute Gasteiger partial charge is 0.751 e. The lowest BCUT2D eigenvalue weighted by Gasteiger charge is -2.26. The van der Waals surface area contributed by atoms with Crippen molar-refractivity contribution in [3.8, 4) is 0 Å². The second-order valence-corrected chi connectivity index (χ2v) is 5.74. The number of carbonyl (C=O) groups excluding carboxylic acids is 1. The lowest BCUT2D eigenvalue weighted by molar-refractivity contribution is -0.139. The van der Waals surface area contributed by atoms with E-state index in [0.717, 1.165) is 25.3 Å². The fourth-order valence-electron chi connectivity index (χ4n) is 1.06. The molecule has 0 aliphatic rings. The van der Waals surface area contributed by atoms with Gasteiger partial charge in [-0.1, -0.05) is 27.4 Å². The highest BCUT2D eigenvalue weighted by molar-refractivity contribution is 6.55. The Labute approximate surface area is 111 Å². The second-order valence-electron chi connectivity index (χ2n) is 3.67. The van der Waals surface area contributed by atoms with E-state index in [9.17, 15) is 4.79 Å². The monoisotopic (exact) mass is 276 g/mol. The zero-order chi connectivity index (χ0) is 13.9. The first-order valence-electron chi connectivity index (χ1n) is 6.41. The third-order valence-corrected chi connectivity index (χ3v) is 3.97. The molecule has 0 aromatic rings. The number of carbonyl (C=O) groups is 1. The van der Waals surface area contributed by atoms with Crippen molar-refractivity contribution in [3.63, 3.8) is 0 Å². The molecule has 6 heteroatoms. The summed E-state index contributed by atoms with van der Waals surface area (Å²) < 4.78 is 21.9. The quantitative estimate of drug-likeness (QED) is 0.428. The zero-order valence-corrected chi connectivity index (χ0v) is 12.6. The van der Waals surface area contributed by atoms with Gasteiger partial charge in [0.15, 0.2) is 0 Å². The highest BCUT2D eigenvalue weighted by Crippen LogP contribution is 2.14. The number of hydrogen-bond donors (Lipinski definition) is 0. The first kappa shape index (κ1) is 17.3. The van der Waals surface area contributed by atoms with Gasteiger partial charge in [0.2, 0.25) is 0 Å². The minimum atomic E-state index is -3.36. The average molecular weight is 276 g/mol. The van der Waals surface area contributed by atoms with Crippen molar-refractivity contribution in [2.45, 2.75) is 40.0 Å². The maximum Gasteiger partial charge on any atom is 0.751 e. The van der Waals surface area contributed by atoms with Gasteiger partial charge in [-0.25, -0.2) is 4.79 Å². The Morgan fingerprint density at radius 3 is 1.67 bits per heavy atom. The Morgan fingerprint density at radius 1 is 1.00 bits per heavy atom. The van der Waals surface area contributed by atoms with Gasteiger partial charge in [0.25, 0.3) is 0 Å². The highest BCUT2D eigenvalue weighted by atomic mass is 28.4. The van der Waals surface area contributed by atoms with Crippen molar-refractivity contribution in [2.24, 2.45) is 0 Å². The second kappa shape index (κ2) is 10.2. The molecule has 0 aliphatic heterocycles. The lowest BCUT2D eigenvalue weighted by Crippen LogP contribution is -2.51. The van der Waals surface area contributed by atoms with Gasteiger partial charge in [-0.2, -0.15) is 0 Å². The van der Waals surface area contributed by atoms with Crippen LogP contribution in [0.5, 0.6) is 0 Å². The fourth-order valence-corrected chi connectivity index (χ4v) is 3.18. The van der Waals surface area contributed by atoms with Crippen molar-refractivity contribution in [1.82, 2.24) is 0 Å². The molecule has 0 aromatic heterocycles. The molecule has 0 N–H and O–H groups in total. The zero-order valence-electron chi connectivity index (χ0n) is 11.6. The molecule has 0 unspecified atom stereocenters. The van der Waals surface area contributed by atoms with Crippen molar-refractivity contribution in [2.75, 3.05) is 19.8 Å². The molecule has 0 saturated carbocycles. The van der Waals surface area contributed by atoms with Gasteiger partial charge in [-0.3, -0.25) is 0 Å². The van der Waals surface area contributed by atoms with Gasteiger partial charge >= 0.3 is 15.0 Å². The molecule has 0 amide bonds. The van der Waals surface area contributed by atoms with E-state index in [1.165, 1.54) is 0 Å². The van der Waals surface area contributed by atoms with Gasteiger partial charge in [0, 0.05) is 25.9 Å². The minimum absolute atomic E-state index is 0.435. The van der Waals surface area contributed by atoms with Gasteiger partial charge in [-0.05, 0) is 19.3 Å². The van der Waals surface area contributed by atoms with E-state index in [4.69, 9.17) is 17.7 Å². The molecule has 0 atom stereocenters. The predicted molar refractivity (Wildman–Crippen MR) is 70.8 cm³/mol. The van der Waals surface area contributed by atoms with Gasteiger partial charge < -0.3 is 17.7 Å². The highest BCUT2D eigenvalue weighted by Gasteiger charge is 2.49. The fraction of sp³-hybridized carbons (Fsp3) is 0.750. The van der Waals surface area contributed by atoms with Crippen LogP contribution < -0.4 is 0 Å². The number of rotatable bonds is 11. The number of hydrogen-bond acceptors (Lipinski definition) is 5. The van der Waals surface area contributed by atoms with Crippen LogP contribution in [0.4, 0.5) is 0 Å². The molecule has 0 bridgehead atoms. The molecule has 0 spiro atoms. The molecular formula is C12H24O5Si. The van der Waals surface area contributed by atoms with Gasteiger partial charge in [0.05, 0.1) is 0 Å². The molecule has 106 valence electrons. The molecule has 5 nitrogen and oxygen atoms in total. The van der Waals surface area contributed by atoms with E-state index in [2.05, 4.69) is 6.58 Å². The Kier molecular flexibility index (Phi) is 9.86. The predicted octanol–water partition coefficient (Wildman–Crippen LogP) is 2.43. The van der Waals surface area contributed by atoms with Crippen LogP contribution in [-0.4, -0.2) is 34.8 Å². The van der Waals surface area contributed by atoms with Crippen LogP contribution in [0.3, 0.4) is 0 Å². The van der Waals surface area contributed by atoms with Crippen molar-refractivity contribution >= 4 is 15.0 Å². The molecule has 0 saturated heterocycles. The molecule has 0 aliphatic carbocycles. The third-order valence-electron chi connectivity index (χ3n) is 1.84. The summed E-state index contributed by atoms with van der Waals surface area (Å²) in [7, 11) is -3.36. The van der Waals surface area contributed by atoms with Crippen LogP contribution in [0.2, 0.25) is 0 Å². The Hall–Kier alpha value is -0.693. The maximum absolute atomic E-state index is 11.4. The molecule has 0 radical (unpaired) electrons. The third kappa shape index (κ3) is 6.90. The smallest absolute Gasteiger partial charge is 0.449 e. The van der Waals surface area contributed by atoms with Crippen LogP contribution in [0, 0.1) is 0 Å². The van der Waals surface area contributed by atoms with E-state index in [1.807, 2.05) is 20.8 Å². The van der Waals surface area contributed by atoms with E-state index >= 15 is 0 Å². The summed E-state index contributed by atoms with van der Waals surface area (Å²) in [4.78, 5) is 11.4. The minimum Gasteiger partial charge on any atom is -0.449 e. The van der Waals surface area contributed by atoms with Crippen LogP contribution in [0.25, 0.3) is 0 Å². The maximum atomic E-state index is 11.4. The summed E-state index contributed by atoms with van der Waals surface area (Å²) in [6, 6.07) is 0. The molecule has 0 fully saturated rings. The van der Waals surface area contributed by atoms with E-state index in [1.54, 1.807) is 0 Å². The van der Waals surface area contributed by atoms with Crippen LogP contribution >= 0.6 is 0 Å². The van der Waals surface area contributed by atoms with Crippen LogP contribution in [0.15, 0.2) is 12.7 Å². The normalized spacial score (nSPS) is 11.3. The molecule has 0 heterocycles. The van der Waals surface area contributed by atoms with Crippen LogP contribution in [-0.2, 0) is 22.5 Å². The lowest BCUT2D eigenvalue weighted by atomic mass is 10.5. The summed E-state index contributed by atoms with van der Waals surface area (Å²) in [6.45, 7) is 10.6. The summed E-state index contributed by atoms with van der Waals surface area (Å²) in [5, 5.41) is 0. The van der Waals surface area contributed by atoms with Crippen molar-refractivity contribution in [1.29, 1.82) is 0 Å². The topological polar surface area (TPSA) is 54.0 Å². The van der Waals surface area contributed by atoms with E-state index < -0.39 is 15.0 Å². The Balaban J connectivity index is 4.71. The van der Waals surface area contributed by atoms with Crippen molar-refractivity contribution < 1.29 is 22.5 Å². The molecule has 18 heavy (non-hydrogen) atoms. The molecular weight excluding hydrogens is 252 g/mol. The Bertz CT molecular complexity index is 223. The van der Waals surface area contributed by atoms with Gasteiger partial charge in [-0.15, -0.1) is 0 Å². The first-order valence-corrected chi connectivity index (χ1v) is 8.04. The van der Waals surface area contributed by atoms with Gasteiger partial charge in [0.1, 0.15) is 0 Å². The molecule has 0 aromatic carbocycles. The molecule has 0 rings (SSSR count). The average Bonchev–Trinajstić information content (AvgIpc) is 2.40. The standard InChI is InChI=1S/C12H24O5Si/c1-5-9-14-18(15-10-6-2,16-11-7-3)17-12(13)8-4/h8H,4-7,9-11H2,1-3H3. The summed E-state index contributed by atoms with van der Waals surface area (Å²) in [5.41, 5.74) is 0. The first-order chi connectivity index (χ1) is 8.64. The summed E-state index contributed by atoms with van der Waals surface area (Å²) in [5.74, 6) is -0.579. The summed E-state index contributed by atoms with van der Waals surface area (Å²) >= 11 is 0. The summed E-state index contributed by atoms with van der Waals surface area (Å²) in [6.07, 6.45) is 3.48. The van der Waals surface area contributed by atoms with Crippen molar-refractivity contribution in [3.05, 3.63) is 12.7 Å². The Morgan fingerprint density at radius 2 is 1.39 bits per heavy atom.